The van der Waals surface area contributed by atoms with Gasteiger partial charge in [-0.1, -0.05) is 0 Å². The van der Waals surface area contributed by atoms with Crippen molar-refractivity contribution < 1.29 is 32.6 Å². The molecule has 2 aliphatic carbocycles. The van der Waals surface area contributed by atoms with E-state index in [-0.39, 0.29) is 24.7 Å². The first-order valence-corrected chi connectivity index (χ1v) is 12.2. The van der Waals surface area contributed by atoms with Gasteiger partial charge in [-0.2, -0.15) is 0 Å². The number of sulfone groups is 1. The number of carbonyl (C=O) groups excluding carboxylic acids is 2. The molecule has 0 aliphatic heterocycles. The molecular weight excluding hydrogens is 403 g/mol. The van der Waals surface area contributed by atoms with Crippen molar-refractivity contribution in [2.24, 2.45) is 23.5 Å². The lowest BCUT2D eigenvalue weighted by atomic mass is 9.78. The number of aliphatic hydroxyl groups is 2. The van der Waals surface area contributed by atoms with Crippen LogP contribution in [-0.2, 0) is 19.4 Å². The largest absolute Gasteiger partial charge is 0.392 e. The van der Waals surface area contributed by atoms with Crippen molar-refractivity contribution in [1.29, 1.82) is 0 Å². The SMILES string of the molecule is CS(=O)(=O)C1CCC([C@@H](O)[C@@H](CF)NC(=O)CC2CCC(C(N)=O)C(O)C2)CC1. The van der Waals surface area contributed by atoms with Gasteiger partial charge in [0, 0.05) is 12.7 Å². The Morgan fingerprint density at radius 1 is 1.17 bits per heavy atom. The molecule has 2 fully saturated rings. The molecule has 0 radical (unpaired) electrons. The average molecular weight is 437 g/mol. The third kappa shape index (κ3) is 6.62. The molecule has 5 N–H and O–H groups in total. The van der Waals surface area contributed by atoms with Gasteiger partial charge in [-0.25, -0.2) is 12.8 Å². The predicted octanol–water partition coefficient (Wildman–Crippen LogP) is 0.0576. The van der Waals surface area contributed by atoms with E-state index >= 15 is 0 Å². The highest BCUT2D eigenvalue weighted by molar-refractivity contribution is 7.91. The topological polar surface area (TPSA) is 147 Å². The van der Waals surface area contributed by atoms with Crippen molar-refractivity contribution >= 4 is 21.7 Å². The third-order valence-electron chi connectivity index (χ3n) is 6.50. The lowest BCUT2D eigenvalue weighted by Crippen LogP contribution is -2.49. The first-order chi connectivity index (χ1) is 13.5. The number of nitrogens with two attached hydrogens (primary N) is 1. The number of hydrogen-bond donors (Lipinski definition) is 4. The highest BCUT2D eigenvalue weighted by Crippen LogP contribution is 2.33. The number of nitrogens with one attached hydrogen (secondary N) is 1. The van der Waals surface area contributed by atoms with Gasteiger partial charge in [-0.15, -0.1) is 0 Å². The van der Waals surface area contributed by atoms with Gasteiger partial charge < -0.3 is 21.3 Å². The lowest BCUT2D eigenvalue weighted by molar-refractivity contribution is -0.128. The van der Waals surface area contributed by atoms with Crippen LogP contribution in [0.25, 0.3) is 0 Å². The second-order valence-electron chi connectivity index (χ2n) is 8.64. The molecule has 0 aromatic heterocycles. The molecule has 0 aromatic rings. The molecule has 3 unspecified atom stereocenters. The molecule has 2 saturated carbocycles. The van der Waals surface area contributed by atoms with E-state index in [9.17, 15) is 32.6 Å². The quantitative estimate of drug-likeness (QED) is 0.423. The van der Waals surface area contributed by atoms with Gasteiger partial charge in [0.1, 0.15) is 16.5 Å². The van der Waals surface area contributed by atoms with Gasteiger partial charge in [-0.05, 0) is 56.8 Å². The van der Waals surface area contributed by atoms with E-state index in [0.29, 0.717) is 38.5 Å². The zero-order valence-corrected chi connectivity index (χ0v) is 17.6. The highest BCUT2D eigenvalue weighted by atomic mass is 32.2. The molecule has 2 rings (SSSR count). The normalized spacial score (nSPS) is 32.9. The van der Waals surface area contributed by atoms with Crippen molar-refractivity contribution in [2.75, 3.05) is 12.9 Å². The van der Waals surface area contributed by atoms with Crippen LogP contribution < -0.4 is 11.1 Å². The number of alkyl halides is 1. The second kappa shape index (κ2) is 10.2. The van der Waals surface area contributed by atoms with Crippen LogP contribution in [0.15, 0.2) is 0 Å². The van der Waals surface area contributed by atoms with Crippen molar-refractivity contribution in [3.63, 3.8) is 0 Å². The van der Waals surface area contributed by atoms with E-state index < -0.39 is 57.7 Å². The molecule has 0 bridgehead atoms. The summed E-state index contributed by atoms with van der Waals surface area (Å²) >= 11 is 0. The Balaban J connectivity index is 1.83. The summed E-state index contributed by atoms with van der Waals surface area (Å²) in [5.41, 5.74) is 5.24. The summed E-state index contributed by atoms with van der Waals surface area (Å²) in [6.07, 6.45) is 2.35. The van der Waals surface area contributed by atoms with Gasteiger partial charge >= 0.3 is 0 Å². The fourth-order valence-electron chi connectivity index (χ4n) is 4.68. The number of aliphatic hydroxyl groups excluding tert-OH is 2. The summed E-state index contributed by atoms with van der Waals surface area (Å²) in [5, 5.41) is 22.7. The van der Waals surface area contributed by atoms with Crippen molar-refractivity contribution in [3.8, 4) is 0 Å². The van der Waals surface area contributed by atoms with Crippen LogP contribution >= 0.6 is 0 Å². The zero-order chi connectivity index (χ0) is 21.8. The maximum atomic E-state index is 13.5. The van der Waals surface area contributed by atoms with Crippen LogP contribution in [-0.4, -0.2) is 66.9 Å². The van der Waals surface area contributed by atoms with Gasteiger partial charge in [0.25, 0.3) is 0 Å². The van der Waals surface area contributed by atoms with E-state index in [0.717, 1.165) is 0 Å². The van der Waals surface area contributed by atoms with Crippen LogP contribution in [0.3, 0.4) is 0 Å². The fraction of sp³-hybridized carbons (Fsp3) is 0.895. The first-order valence-electron chi connectivity index (χ1n) is 10.2. The monoisotopic (exact) mass is 436 g/mol. The van der Waals surface area contributed by atoms with Gasteiger partial charge in [0.05, 0.1) is 29.4 Å². The number of amides is 2. The molecule has 0 saturated heterocycles. The molecule has 8 nitrogen and oxygen atoms in total. The average Bonchev–Trinajstić information content (AvgIpc) is 2.64. The second-order valence-corrected chi connectivity index (χ2v) is 11.0. The summed E-state index contributed by atoms with van der Waals surface area (Å²) in [6.45, 7) is -0.921. The number of halogens is 1. The Morgan fingerprint density at radius 2 is 1.79 bits per heavy atom. The lowest BCUT2D eigenvalue weighted by Gasteiger charge is -2.34. The minimum absolute atomic E-state index is 0.0760. The number of carbonyl (C=O) groups is 2. The first kappa shape index (κ1) is 24.0. The Hall–Kier alpha value is -1.26. The number of rotatable bonds is 8. The standard InChI is InChI=1S/C19H33FN2O6S/c1-29(27,28)13-5-3-12(4-6-13)18(25)15(10-20)22-17(24)9-11-2-7-14(19(21)26)16(23)8-11/h11-16,18,23,25H,2-10H2,1H3,(H2,21,26)(H,22,24)/t11?,12?,13?,14?,15-,16?,18-/m1/s1. The van der Waals surface area contributed by atoms with Crippen molar-refractivity contribution in [3.05, 3.63) is 0 Å². The molecule has 29 heavy (non-hydrogen) atoms. The number of primary amides is 1. The highest BCUT2D eigenvalue weighted by Gasteiger charge is 2.36. The molecule has 2 aliphatic rings. The van der Waals surface area contributed by atoms with Crippen LogP contribution in [0.1, 0.15) is 51.4 Å². The maximum Gasteiger partial charge on any atom is 0.223 e. The predicted molar refractivity (Wildman–Crippen MR) is 105 cm³/mol. The van der Waals surface area contributed by atoms with Gasteiger partial charge in [-0.3, -0.25) is 9.59 Å². The molecule has 5 atom stereocenters. The van der Waals surface area contributed by atoms with Crippen LogP contribution in [0.4, 0.5) is 4.39 Å². The fourth-order valence-corrected chi connectivity index (χ4v) is 5.81. The Kier molecular flexibility index (Phi) is 8.42. The molecular formula is C19H33FN2O6S. The molecule has 168 valence electrons. The van der Waals surface area contributed by atoms with E-state index in [4.69, 9.17) is 5.73 Å². The smallest absolute Gasteiger partial charge is 0.223 e. The molecule has 0 aromatic carbocycles. The molecule has 0 heterocycles. The Labute approximate surface area is 171 Å². The summed E-state index contributed by atoms with van der Waals surface area (Å²) in [6, 6.07) is -1.05. The minimum atomic E-state index is -3.12. The Morgan fingerprint density at radius 3 is 2.28 bits per heavy atom. The van der Waals surface area contributed by atoms with E-state index in [1.54, 1.807) is 0 Å². The summed E-state index contributed by atoms with van der Waals surface area (Å²) in [7, 11) is -3.12. The maximum absolute atomic E-state index is 13.5. The van der Waals surface area contributed by atoms with Crippen LogP contribution in [0.5, 0.6) is 0 Å². The molecule has 2 amide bonds. The van der Waals surface area contributed by atoms with Crippen LogP contribution in [0, 0.1) is 17.8 Å². The summed E-state index contributed by atoms with van der Waals surface area (Å²) < 4.78 is 36.8. The van der Waals surface area contributed by atoms with E-state index in [2.05, 4.69) is 5.32 Å². The van der Waals surface area contributed by atoms with E-state index in [1.807, 2.05) is 0 Å². The number of hydrogen-bond acceptors (Lipinski definition) is 6. The van der Waals surface area contributed by atoms with Crippen molar-refractivity contribution in [2.45, 2.75) is 74.9 Å². The summed E-state index contributed by atoms with van der Waals surface area (Å²) in [5.74, 6) is -1.96. The van der Waals surface area contributed by atoms with E-state index in [1.165, 1.54) is 6.26 Å². The zero-order valence-electron chi connectivity index (χ0n) is 16.8. The van der Waals surface area contributed by atoms with Crippen molar-refractivity contribution in [1.82, 2.24) is 5.32 Å². The van der Waals surface area contributed by atoms with Gasteiger partial charge in [0.2, 0.25) is 11.8 Å². The Bertz CT molecular complexity index is 680. The summed E-state index contributed by atoms with van der Waals surface area (Å²) in [4.78, 5) is 23.6. The minimum Gasteiger partial charge on any atom is -0.392 e. The van der Waals surface area contributed by atoms with Gasteiger partial charge in [0.15, 0.2) is 0 Å². The molecule has 0 spiro atoms. The van der Waals surface area contributed by atoms with Crippen LogP contribution in [0.2, 0.25) is 0 Å². The third-order valence-corrected chi connectivity index (χ3v) is 8.18. The molecule has 10 heteroatoms.